The standard InChI is InChI=1S/C14H18O5/c1-17-13-7-10(8-14(15)16)4-5-12(13)19-11-3-2-6-18-9-11/h4-5,7,11H,2-3,6,8-9H2,1H3,(H,15,16). The van der Waals surface area contributed by atoms with Gasteiger partial charge in [-0.05, 0) is 30.5 Å². The maximum atomic E-state index is 10.7. The molecule has 1 heterocycles. The number of ether oxygens (including phenoxy) is 3. The van der Waals surface area contributed by atoms with E-state index in [1.165, 1.54) is 0 Å². The number of aliphatic carboxylic acids is 1. The van der Waals surface area contributed by atoms with E-state index in [9.17, 15) is 4.79 Å². The minimum Gasteiger partial charge on any atom is -0.493 e. The Labute approximate surface area is 112 Å². The molecule has 0 radical (unpaired) electrons. The first-order chi connectivity index (χ1) is 9.19. The zero-order valence-electron chi connectivity index (χ0n) is 10.9. The molecule has 1 saturated heterocycles. The third kappa shape index (κ3) is 3.86. The average Bonchev–Trinajstić information content (AvgIpc) is 2.41. The first kappa shape index (κ1) is 13.7. The number of hydrogen-bond acceptors (Lipinski definition) is 4. The second-order valence-corrected chi connectivity index (χ2v) is 4.51. The van der Waals surface area contributed by atoms with Crippen molar-refractivity contribution >= 4 is 5.97 Å². The third-order valence-corrected chi connectivity index (χ3v) is 3.00. The van der Waals surface area contributed by atoms with Crippen LogP contribution >= 0.6 is 0 Å². The number of carboxylic acid groups (broad SMARTS) is 1. The summed E-state index contributed by atoms with van der Waals surface area (Å²) in [6.45, 7) is 1.37. The Bertz CT molecular complexity index is 437. The molecule has 2 rings (SSSR count). The molecule has 1 fully saturated rings. The lowest BCUT2D eigenvalue weighted by Gasteiger charge is -2.24. The van der Waals surface area contributed by atoms with Crippen molar-refractivity contribution in [3.63, 3.8) is 0 Å². The van der Waals surface area contributed by atoms with E-state index >= 15 is 0 Å². The molecule has 0 aromatic heterocycles. The third-order valence-electron chi connectivity index (χ3n) is 3.00. The van der Waals surface area contributed by atoms with E-state index in [0.717, 1.165) is 19.4 Å². The van der Waals surface area contributed by atoms with Crippen LogP contribution in [-0.2, 0) is 16.0 Å². The average molecular weight is 266 g/mol. The Morgan fingerprint density at radius 3 is 2.95 bits per heavy atom. The molecule has 5 heteroatoms. The second kappa shape index (κ2) is 6.43. The van der Waals surface area contributed by atoms with Crippen LogP contribution in [0.5, 0.6) is 11.5 Å². The Hall–Kier alpha value is -1.75. The van der Waals surface area contributed by atoms with Crippen molar-refractivity contribution in [2.45, 2.75) is 25.4 Å². The van der Waals surface area contributed by atoms with Gasteiger partial charge in [0.25, 0.3) is 0 Å². The molecule has 1 unspecified atom stereocenters. The molecular weight excluding hydrogens is 248 g/mol. The van der Waals surface area contributed by atoms with Crippen molar-refractivity contribution in [2.24, 2.45) is 0 Å². The van der Waals surface area contributed by atoms with E-state index in [-0.39, 0.29) is 12.5 Å². The maximum absolute atomic E-state index is 10.7. The number of benzene rings is 1. The first-order valence-corrected chi connectivity index (χ1v) is 6.32. The molecule has 0 aliphatic carbocycles. The van der Waals surface area contributed by atoms with Gasteiger partial charge in [0.15, 0.2) is 11.5 Å². The largest absolute Gasteiger partial charge is 0.493 e. The molecule has 0 spiro atoms. The van der Waals surface area contributed by atoms with Crippen LogP contribution in [0.4, 0.5) is 0 Å². The fourth-order valence-corrected chi connectivity index (χ4v) is 2.08. The predicted octanol–water partition coefficient (Wildman–Crippen LogP) is 1.88. The summed E-state index contributed by atoms with van der Waals surface area (Å²) in [5.41, 5.74) is 0.691. The predicted molar refractivity (Wildman–Crippen MR) is 68.8 cm³/mol. The summed E-state index contributed by atoms with van der Waals surface area (Å²) in [5, 5.41) is 8.77. The van der Waals surface area contributed by atoms with E-state index in [1.807, 2.05) is 0 Å². The molecule has 1 N–H and O–H groups in total. The summed E-state index contributed by atoms with van der Waals surface area (Å²) in [4.78, 5) is 10.7. The van der Waals surface area contributed by atoms with Crippen LogP contribution in [0, 0.1) is 0 Å². The van der Waals surface area contributed by atoms with Gasteiger partial charge in [0.05, 0.1) is 20.1 Å². The van der Waals surface area contributed by atoms with Gasteiger partial charge in [0.1, 0.15) is 6.10 Å². The van der Waals surface area contributed by atoms with Crippen molar-refractivity contribution in [1.29, 1.82) is 0 Å². The Kier molecular flexibility index (Phi) is 4.63. The smallest absolute Gasteiger partial charge is 0.307 e. The molecule has 0 bridgehead atoms. The van der Waals surface area contributed by atoms with Gasteiger partial charge >= 0.3 is 5.97 Å². The van der Waals surface area contributed by atoms with Crippen molar-refractivity contribution in [3.8, 4) is 11.5 Å². The highest BCUT2D eigenvalue weighted by molar-refractivity contribution is 5.70. The molecule has 19 heavy (non-hydrogen) atoms. The van der Waals surface area contributed by atoms with Crippen LogP contribution in [0.2, 0.25) is 0 Å². The van der Waals surface area contributed by atoms with Crippen LogP contribution in [0.15, 0.2) is 18.2 Å². The fraction of sp³-hybridized carbons (Fsp3) is 0.500. The Morgan fingerprint density at radius 1 is 1.47 bits per heavy atom. The molecule has 1 aliphatic rings. The van der Waals surface area contributed by atoms with Crippen LogP contribution in [0.1, 0.15) is 18.4 Å². The summed E-state index contributed by atoms with van der Waals surface area (Å²) < 4.78 is 16.5. The fourth-order valence-electron chi connectivity index (χ4n) is 2.08. The van der Waals surface area contributed by atoms with Crippen LogP contribution in [0.25, 0.3) is 0 Å². The summed E-state index contributed by atoms with van der Waals surface area (Å²) >= 11 is 0. The van der Waals surface area contributed by atoms with E-state index < -0.39 is 5.97 Å². The van der Waals surface area contributed by atoms with Crippen molar-refractivity contribution in [2.75, 3.05) is 20.3 Å². The van der Waals surface area contributed by atoms with E-state index in [2.05, 4.69) is 0 Å². The highest BCUT2D eigenvalue weighted by Gasteiger charge is 2.17. The highest BCUT2D eigenvalue weighted by atomic mass is 16.5. The first-order valence-electron chi connectivity index (χ1n) is 6.32. The van der Waals surface area contributed by atoms with Crippen molar-refractivity contribution < 1.29 is 24.1 Å². The summed E-state index contributed by atoms with van der Waals surface area (Å²) in [7, 11) is 1.55. The van der Waals surface area contributed by atoms with Gasteiger partial charge < -0.3 is 19.3 Å². The lowest BCUT2D eigenvalue weighted by Crippen LogP contribution is -2.28. The number of methoxy groups -OCH3 is 1. The van der Waals surface area contributed by atoms with Crippen LogP contribution < -0.4 is 9.47 Å². The lowest BCUT2D eigenvalue weighted by atomic mass is 10.1. The minimum atomic E-state index is -0.864. The van der Waals surface area contributed by atoms with E-state index in [4.69, 9.17) is 19.3 Å². The number of carbonyl (C=O) groups is 1. The van der Waals surface area contributed by atoms with Crippen LogP contribution in [0.3, 0.4) is 0 Å². The molecule has 1 aromatic carbocycles. The van der Waals surface area contributed by atoms with Crippen molar-refractivity contribution in [3.05, 3.63) is 23.8 Å². The number of carboxylic acids is 1. The van der Waals surface area contributed by atoms with Gasteiger partial charge in [-0.2, -0.15) is 0 Å². The van der Waals surface area contributed by atoms with Crippen molar-refractivity contribution in [1.82, 2.24) is 0 Å². The van der Waals surface area contributed by atoms with Gasteiger partial charge in [-0.1, -0.05) is 6.07 Å². The van der Waals surface area contributed by atoms with Gasteiger partial charge in [-0.25, -0.2) is 0 Å². The number of hydrogen-bond donors (Lipinski definition) is 1. The molecular formula is C14H18O5. The van der Waals surface area contributed by atoms with Gasteiger partial charge in [-0.3, -0.25) is 4.79 Å². The quantitative estimate of drug-likeness (QED) is 0.881. The monoisotopic (exact) mass is 266 g/mol. The summed E-state index contributed by atoms with van der Waals surface area (Å²) in [6, 6.07) is 5.20. The topological polar surface area (TPSA) is 65.0 Å². The lowest BCUT2D eigenvalue weighted by molar-refractivity contribution is -0.136. The Balaban J connectivity index is 2.08. The molecule has 0 amide bonds. The van der Waals surface area contributed by atoms with Crippen LogP contribution in [-0.4, -0.2) is 37.5 Å². The van der Waals surface area contributed by atoms with Gasteiger partial charge in [0.2, 0.25) is 0 Å². The van der Waals surface area contributed by atoms with E-state index in [0.29, 0.717) is 23.7 Å². The maximum Gasteiger partial charge on any atom is 0.307 e. The zero-order valence-corrected chi connectivity index (χ0v) is 10.9. The second-order valence-electron chi connectivity index (χ2n) is 4.51. The molecule has 1 atom stereocenters. The molecule has 1 aliphatic heterocycles. The summed E-state index contributed by atoms with van der Waals surface area (Å²) in [5.74, 6) is 0.327. The SMILES string of the molecule is COc1cc(CC(=O)O)ccc1OC1CCCOC1. The van der Waals surface area contributed by atoms with Gasteiger partial charge in [-0.15, -0.1) is 0 Å². The number of rotatable bonds is 5. The summed E-state index contributed by atoms with van der Waals surface area (Å²) in [6.07, 6.45) is 1.96. The minimum absolute atomic E-state index is 0.0246. The normalized spacial score (nSPS) is 18.9. The van der Waals surface area contributed by atoms with E-state index in [1.54, 1.807) is 25.3 Å². The van der Waals surface area contributed by atoms with Gasteiger partial charge in [0, 0.05) is 6.61 Å². The Morgan fingerprint density at radius 2 is 2.32 bits per heavy atom. The molecule has 1 aromatic rings. The molecule has 0 saturated carbocycles. The molecule has 104 valence electrons. The highest BCUT2D eigenvalue weighted by Crippen LogP contribution is 2.30. The molecule has 5 nitrogen and oxygen atoms in total. The zero-order chi connectivity index (χ0) is 13.7.